The van der Waals surface area contributed by atoms with Gasteiger partial charge in [-0.05, 0) is 47.2 Å². The summed E-state index contributed by atoms with van der Waals surface area (Å²) in [6, 6.07) is 13.8. The SMILES string of the molecule is CC(C)(C)CC(SCc1ccc(Cl)cc1)c1ccc(Cl)cc1Cl. The minimum atomic E-state index is 0.223. The number of thioether (sulfide) groups is 1. The second-order valence-electron chi connectivity index (χ2n) is 6.86. The molecule has 0 spiro atoms. The van der Waals surface area contributed by atoms with E-state index in [0.717, 1.165) is 27.8 Å². The summed E-state index contributed by atoms with van der Waals surface area (Å²) < 4.78 is 0. The fourth-order valence-electron chi connectivity index (χ4n) is 2.35. The van der Waals surface area contributed by atoms with E-state index in [9.17, 15) is 0 Å². The topological polar surface area (TPSA) is 0 Å². The third-order valence-electron chi connectivity index (χ3n) is 3.47. The molecule has 1 atom stereocenters. The minimum absolute atomic E-state index is 0.223. The van der Waals surface area contributed by atoms with Gasteiger partial charge in [-0.15, -0.1) is 11.8 Å². The summed E-state index contributed by atoms with van der Waals surface area (Å²) in [5, 5.41) is 2.52. The van der Waals surface area contributed by atoms with Gasteiger partial charge < -0.3 is 0 Å². The lowest BCUT2D eigenvalue weighted by atomic mass is 9.88. The van der Waals surface area contributed by atoms with Crippen molar-refractivity contribution in [3.63, 3.8) is 0 Å². The first-order chi connectivity index (χ1) is 10.7. The summed E-state index contributed by atoms with van der Waals surface area (Å²) in [5.41, 5.74) is 2.65. The molecule has 0 saturated carbocycles. The zero-order valence-corrected chi connectivity index (χ0v) is 16.7. The third kappa shape index (κ3) is 6.23. The van der Waals surface area contributed by atoms with Crippen LogP contribution in [0.3, 0.4) is 0 Å². The standard InChI is InChI=1S/C19H21Cl3S/c1-19(2,3)11-18(16-9-8-15(21)10-17(16)22)23-12-13-4-6-14(20)7-5-13/h4-10,18H,11-12H2,1-3H3. The predicted octanol–water partition coefficient (Wildman–Crippen LogP) is 8.06. The Kier molecular flexibility index (Phi) is 6.74. The maximum absolute atomic E-state index is 6.44. The van der Waals surface area contributed by atoms with Crippen molar-refractivity contribution in [2.24, 2.45) is 5.41 Å². The van der Waals surface area contributed by atoms with Crippen LogP contribution in [0.4, 0.5) is 0 Å². The Balaban J connectivity index is 2.18. The number of hydrogen-bond acceptors (Lipinski definition) is 1. The van der Waals surface area contributed by atoms with Crippen molar-refractivity contribution in [1.82, 2.24) is 0 Å². The van der Waals surface area contributed by atoms with Crippen LogP contribution >= 0.6 is 46.6 Å². The Morgan fingerprint density at radius 1 is 0.913 bits per heavy atom. The molecule has 2 aromatic carbocycles. The van der Waals surface area contributed by atoms with Crippen molar-refractivity contribution in [1.29, 1.82) is 0 Å². The second-order valence-corrected chi connectivity index (χ2v) is 9.33. The molecule has 0 aliphatic rings. The molecule has 0 fully saturated rings. The molecule has 2 rings (SSSR count). The lowest BCUT2D eigenvalue weighted by Gasteiger charge is -2.27. The van der Waals surface area contributed by atoms with Crippen molar-refractivity contribution in [2.75, 3.05) is 0 Å². The minimum Gasteiger partial charge on any atom is -0.149 e. The van der Waals surface area contributed by atoms with Crippen LogP contribution in [0.2, 0.25) is 15.1 Å². The molecular weight excluding hydrogens is 367 g/mol. The summed E-state index contributed by atoms with van der Waals surface area (Å²) in [4.78, 5) is 0. The molecule has 0 aliphatic carbocycles. The van der Waals surface area contributed by atoms with Gasteiger partial charge in [0.05, 0.1) is 0 Å². The van der Waals surface area contributed by atoms with Gasteiger partial charge in [0, 0.05) is 26.1 Å². The first kappa shape index (κ1) is 19.0. The van der Waals surface area contributed by atoms with Crippen molar-refractivity contribution in [2.45, 2.75) is 38.2 Å². The second kappa shape index (κ2) is 8.16. The number of hydrogen-bond donors (Lipinski definition) is 0. The molecular formula is C19H21Cl3S. The molecule has 0 N–H and O–H groups in total. The monoisotopic (exact) mass is 386 g/mol. The van der Waals surface area contributed by atoms with Crippen LogP contribution in [0.5, 0.6) is 0 Å². The Bertz CT molecular complexity index is 645. The zero-order chi connectivity index (χ0) is 17.0. The summed E-state index contributed by atoms with van der Waals surface area (Å²) in [7, 11) is 0. The van der Waals surface area contributed by atoms with Crippen molar-refractivity contribution in [3.8, 4) is 0 Å². The lowest BCUT2D eigenvalue weighted by Crippen LogP contribution is -2.10. The van der Waals surface area contributed by atoms with E-state index in [0.29, 0.717) is 10.3 Å². The predicted molar refractivity (Wildman–Crippen MR) is 106 cm³/mol. The normalized spacial score (nSPS) is 13.1. The van der Waals surface area contributed by atoms with Crippen LogP contribution in [0.1, 0.15) is 43.6 Å². The zero-order valence-electron chi connectivity index (χ0n) is 13.6. The Hall–Kier alpha value is -0.340. The van der Waals surface area contributed by atoms with Gasteiger partial charge in [0.15, 0.2) is 0 Å². The quantitative estimate of drug-likeness (QED) is 0.500. The van der Waals surface area contributed by atoms with Crippen LogP contribution in [0.25, 0.3) is 0 Å². The van der Waals surface area contributed by atoms with E-state index in [1.54, 1.807) is 0 Å². The average Bonchev–Trinajstić information content (AvgIpc) is 2.44. The molecule has 23 heavy (non-hydrogen) atoms. The van der Waals surface area contributed by atoms with E-state index < -0.39 is 0 Å². The summed E-state index contributed by atoms with van der Waals surface area (Å²) >= 11 is 20.3. The Morgan fingerprint density at radius 2 is 1.52 bits per heavy atom. The van der Waals surface area contributed by atoms with Crippen molar-refractivity contribution in [3.05, 3.63) is 68.7 Å². The van der Waals surface area contributed by atoms with Gasteiger partial charge in [-0.3, -0.25) is 0 Å². The van der Waals surface area contributed by atoms with Gasteiger partial charge in [-0.1, -0.05) is 73.8 Å². The van der Waals surface area contributed by atoms with E-state index >= 15 is 0 Å². The Labute approximate surface area is 158 Å². The Morgan fingerprint density at radius 3 is 2.09 bits per heavy atom. The number of rotatable bonds is 5. The summed E-state index contributed by atoms with van der Waals surface area (Å²) in [5.74, 6) is 0.927. The average molecular weight is 388 g/mol. The first-order valence-corrected chi connectivity index (χ1v) is 9.74. The van der Waals surface area contributed by atoms with Gasteiger partial charge in [-0.2, -0.15) is 0 Å². The third-order valence-corrected chi connectivity index (χ3v) is 5.61. The van der Waals surface area contributed by atoms with Crippen LogP contribution in [0, 0.1) is 5.41 Å². The number of halogens is 3. The maximum Gasteiger partial charge on any atom is 0.0464 e. The molecule has 2 aromatic rings. The van der Waals surface area contributed by atoms with Gasteiger partial charge in [0.25, 0.3) is 0 Å². The largest absolute Gasteiger partial charge is 0.149 e. The molecule has 0 nitrogen and oxygen atoms in total. The van der Waals surface area contributed by atoms with E-state index in [1.807, 2.05) is 36.0 Å². The van der Waals surface area contributed by atoms with Crippen LogP contribution in [-0.2, 0) is 5.75 Å². The van der Waals surface area contributed by atoms with Gasteiger partial charge in [0.2, 0.25) is 0 Å². The van der Waals surface area contributed by atoms with E-state index in [-0.39, 0.29) is 5.41 Å². The smallest absolute Gasteiger partial charge is 0.0464 e. The van der Waals surface area contributed by atoms with Crippen LogP contribution in [0.15, 0.2) is 42.5 Å². The molecule has 124 valence electrons. The highest BCUT2D eigenvalue weighted by Gasteiger charge is 2.22. The highest BCUT2D eigenvalue weighted by molar-refractivity contribution is 7.98. The van der Waals surface area contributed by atoms with E-state index in [2.05, 4.69) is 39.0 Å². The molecule has 0 bridgehead atoms. The number of benzene rings is 2. The molecule has 0 saturated heterocycles. The van der Waals surface area contributed by atoms with Crippen molar-refractivity contribution >= 4 is 46.6 Å². The van der Waals surface area contributed by atoms with Gasteiger partial charge in [0.1, 0.15) is 0 Å². The molecule has 0 aliphatic heterocycles. The summed E-state index contributed by atoms with van der Waals surface area (Å²) in [6.07, 6.45) is 1.05. The molecule has 0 aromatic heterocycles. The highest BCUT2D eigenvalue weighted by atomic mass is 35.5. The van der Waals surface area contributed by atoms with Gasteiger partial charge in [-0.25, -0.2) is 0 Å². The first-order valence-electron chi connectivity index (χ1n) is 7.55. The van der Waals surface area contributed by atoms with E-state index in [4.69, 9.17) is 34.8 Å². The molecule has 0 amide bonds. The fourth-order valence-corrected chi connectivity index (χ4v) is 4.67. The lowest BCUT2D eigenvalue weighted by molar-refractivity contribution is 0.374. The highest BCUT2D eigenvalue weighted by Crippen LogP contribution is 2.43. The fraction of sp³-hybridized carbons (Fsp3) is 0.368. The van der Waals surface area contributed by atoms with E-state index in [1.165, 1.54) is 5.56 Å². The summed E-state index contributed by atoms with van der Waals surface area (Å²) in [6.45, 7) is 6.77. The van der Waals surface area contributed by atoms with Crippen molar-refractivity contribution < 1.29 is 0 Å². The molecule has 4 heteroatoms. The molecule has 1 unspecified atom stereocenters. The molecule has 0 radical (unpaired) electrons. The maximum atomic E-state index is 6.44. The van der Waals surface area contributed by atoms with Gasteiger partial charge >= 0.3 is 0 Å². The van der Waals surface area contributed by atoms with Crippen LogP contribution < -0.4 is 0 Å². The van der Waals surface area contributed by atoms with Crippen LogP contribution in [-0.4, -0.2) is 0 Å². The molecule has 0 heterocycles.